The first-order chi connectivity index (χ1) is 9.50. The van der Waals surface area contributed by atoms with Crippen LogP contribution in [-0.4, -0.2) is 51.9 Å². The molecule has 0 spiro atoms. The van der Waals surface area contributed by atoms with Crippen molar-refractivity contribution in [3.8, 4) is 0 Å². The standard InChI is InChI=1S/C13H14N2O4S/c14-11(16)8-1-3-9(4-2-8)12(17)15-5-6-20-7-10(15)13(18)19/h1-4,10H,5-7H2,(H2,14,16)(H,18,19). The van der Waals surface area contributed by atoms with Crippen LogP contribution >= 0.6 is 11.8 Å². The van der Waals surface area contributed by atoms with Gasteiger partial charge < -0.3 is 15.7 Å². The third-order valence-electron chi connectivity index (χ3n) is 3.09. The largest absolute Gasteiger partial charge is 0.480 e. The number of rotatable bonds is 3. The fourth-order valence-corrected chi connectivity index (χ4v) is 3.03. The van der Waals surface area contributed by atoms with Crippen LogP contribution in [0.25, 0.3) is 0 Å². The van der Waals surface area contributed by atoms with E-state index in [-0.39, 0.29) is 5.91 Å². The zero-order chi connectivity index (χ0) is 14.7. The molecule has 2 amide bonds. The first kappa shape index (κ1) is 14.4. The topological polar surface area (TPSA) is 101 Å². The maximum absolute atomic E-state index is 12.3. The summed E-state index contributed by atoms with van der Waals surface area (Å²) in [6.45, 7) is 0.401. The summed E-state index contributed by atoms with van der Waals surface area (Å²) in [6, 6.07) is 5.09. The number of carbonyl (C=O) groups is 3. The van der Waals surface area contributed by atoms with Gasteiger partial charge in [-0.25, -0.2) is 4.79 Å². The predicted octanol–water partition coefficient (Wildman–Crippen LogP) is 0.428. The van der Waals surface area contributed by atoms with Crippen LogP contribution in [0.15, 0.2) is 24.3 Å². The molecule has 20 heavy (non-hydrogen) atoms. The fraction of sp³-hybridized carbons (Fsp3) is 0.308. The Hall–Kier alpha value is -2.02. The van der Waals surface area contributed by atoms with Gasteiger partial charge in [-0.1, -0.05) is 0 Å². The number of amides is 2. The Morgan fingerprint density at radius 1 is 1.20 bits per heavy atom. The van der Waals surface area contributed by atoms with Crippen LogP contribution in [0, 0.1) is 0 Å². The zero-order valence-corrected chi connectivity index (χ0v) is 11.4. The lowest BCUT2D eigenvalue weighted by Gasteiger charge is -2.32. The molecule has 2 rings (SSSR count). The number of aliphatic carboxylic acids is 1. The lowest BCUT2D eigenvalue weighted by atomic mass is 10.1. The molecule has 1 heterocycles. The van der Waals surface area contributed by atoms with Crippen molar-refractivity contribution in [3.63, 3.8) is 0 Å². The molecule has 1 aliphatic rings. The highest BCUT2D eigenvalue weighted by Crippen LogP contribution is 2.19. The van der Waals surface area contributed by atoms with Gasteiger partial charge in [0.15, 0.2) is 0 Å². The highest BCUT2D eigenvalue weighted by molar-refractivity contribution is 7.99. The van der Waals surface area contributed by atoms with Crippen LogP contribution < -0.4 is 5.73 Å². The predicted molar refractivity (Wildman–Crippen MR) is 74.7 cm³/mol. The van der Waals surface area contributed by atoms with Gasteiger partial charge in [0.1, 0.15) is 6.04 Å². The van der Waals surface area contributed by atoms with E-state index in [2.05, 4.69) is 0 Å². The molecule has 0 radical (unpaired) electrons. The van der Waals surface area contributed by atoms with Gasteiger partial charge >= 0.3 is 5.97 Å². The molecule has 1 unspecified atom stereocenters. The molecule has 0 bridgehead atoms. The van der Waals surface area contributed by atoms with Gasteiger partial charge in [-0.05, 0) is 24.3 Å². The highest BCUT2D eigenvalue weighted by Gasteiger charge is 2.32. The Morgan fingerprint density at radius 3 is 2.35 bits per heavy atom. The van der Waals surface area contributed by atoms with E-state index in [1.54, 1.807) is 0 Å². The smallest absolute Gasteiger partial charge is 0.327 e. The number of primary amides is 1. The summed E-state index contributed by atoms with van der Waals surface area (Å²) in [5.74, 6) is -0.801. The van der Waals surface area contributed by atoms with E-state index < -0.39 is 17.9 Å². The average Bonchev–Trinajstić information content (AvgIpc) is 2.46. The van der Waals surface area contributed by atoms with Crippen molar-refractivity contribution < 1.29 is 19.5 Å². The van der Waals surface area contributed by atoms with Crippen LogP contribution in [0.2, 0.25) is 0 Å². The fourth-order valence-electron chi connectivity index (χ4n) is 1.99. The number of nitrogens with two attached hydrogens (primary N) is 1. The second-order valence-electron chi connectivity index (χ2n) is 4.37. The number of hydrogen-bond acceptors (Lipinski definition) is 4. The summed E-state index contributed by atoms with van der Waals surface area (Å²) in [4.78, 5) is 35.8. The molecular weight excluding hydrogens is 280 g/mol. The quantitative estimate of drug-likeness (QED) is 0.842. The lowest BCUT2D eigenvalue weighted by molar-refractivity contribution is -0.141. The van der Waals surface area contributed by atoms with Gasteiger partial charge in [0.2, 0.25) is 5.91 Å². The van der Waals surface area contributed by atoms with Gasteiger partial charge in [0.05, 0.1) is 0 Å². The molecule has 0 aromatic heterocycles. The summed E-state index contributed by atoms with van der Waals surface area (Å²) in [6.07, 6.45) is 0. The molecule has 1 aromatic rings. The van der Waals surface area contributed by atoms with E-state index in [0.717, 1.165) is 5.75 Å². The number of benzene rings is 1. The maximum Gasteiger partial charge on any atom is 0.327 e. The molecule has 1 atom stereocenters. The molecule has 7 heteroatoms. The average molecular weight is 294 g/mol. The van der Waals surface area contributed by atoms with Crippen LogP contribution in [-0.2, 0) is 4.79 Å². The van der Waals surface area contributed by atoms with E-state index in [4.69, 9.17) is 10.8 Å². The minimum atomic E-state index is -1.00. The second kappa shape index (κ2) is 5.96. The Balaban J connectivity index is 2.20. The van der Waals surface area contributed by atoms with Gasteiger partial charge in [0, 0.05) is 29.2 Å². The highest BCUT2D eigenvalue weighted by atomic mass is 32.2. The number of nitrogens with zero attached hydrogens (tertiary/aromatic N) is 1. The molecular formula is C13H14N2O4S. The van der Waals surface area contributed by atoms with E-state index in [1.165, 1.54) is 40.9 Å². The molecule has 6 nitrogen and oxygen atoms in total. The van der Waals surface area contributed by atoms with Crippen molar-refractivity contribution in [3.05, 3.63) is 35.4 Å². The Labute approximate surface area is 119 Å². The normalized spacial score (nSPS) is 18.6. The van der Waals surface area contributed by atoms with Crippen molar-refractivity contribution in [2.24, 2.45) is 5.73 Å². The Bertz CT molecular complexity index is 544. The molecule has 1 aliphatic heterocycles. The van der Waals surface area contributed by atoms with E-state index in [0.29, 0.717) is 23.4 Å². The van der Waals surface area contributed by atoms with Crippen molar-refractivity contribution in [1.29, 1.82) is 0 Å². The van der Waals surface area contributed by atoms with E-state index in [1.807, 2.05) is 0 Å². The third kappa shape index (κ3) is 2.93. The van der Waals surface area contributed by atoms with Crippen molar-refractivity contribution in [2.45, 2.75) is 6.04 Å². The summed E-state index contributed by atoms with van der Waals surface area (Å²) < 4.78 is 0. The summed E-state index contributed by atoms with van der Waals surface area (Å²) >= 11 is 1.52. The van der Waals surface area contributed by atoms with Crippen LogP contribution in [0.4, 0.5) is 0 Å². The second-order valence-corrected chi connectivity index (χ2v) is 5.52. The molecule has 1 saturated heterocycles. The minimum Gasteiger partial charge on any atom is -0.480 e. The van der Waals surface area contributed by atoms with Gasteiger partial charge in [-0.15, -0.1) is 0 Å². The molecule has 1 fully saturated rings. The third-order valence-corrected chi connectivity index (χ3v) is 4.11. The van der Waals surface area contributed by atoms with Gasteiger partial charge in [-0.3, -0.25) is 9.59 Å². The minimum absolute atomic E-state index is 0.311. The molecule has 0 saturated carbocycles. The first-order valence-electron chi connectivity index (χ1n) is 6.02. The summed E-state index contributed by atoms with van der Waals surface area (Å²) in [7, 11) is 0. The number of hydrogen-bond donors (Lipinski definition) is 2. The summed E-state index contributed by atoms with van der Waals surface area (Å²) in [5, 5.41) is 9.15. The lowest BCUT2D eigenvalue weighted by Crippen LogP contribution is -2.50. The Morgan fingerprint density at radius 2 is 1.80 bits per heavy atom. The maximum atomic E-state index is 12.3. The number of carbonyl (C=O) groups excluding carboxylic acids is 2. The SMILES string of the molecule is NC(=O)c1ccc(C(=O)N2CCSCC2C(=O)O)cc1. The number of carboxylic acid groups (broad SMARTS) is 1. The van der Waals surface area contributed by atoms with Gasteiger partial charge in [-0.2, -0.15) is 11.8 Å². The first-order valence-corrected chi connectivity index (χ1v) is 7.17. The number of carboxylic acids is 1. The van der Waals surface area contributed by atoms with Crippen LogP contribution in [0.5, 0.6) is 0 Å². The summed E-state index contributed by atoms with van der Waals surface area (Å²) in [5.41, 5.74) is 5.80. The number of thioether (sulfide) groups is 1. The van der Waals surface area contributed by atoms with Gasteiger partial charge in [0.25, 0.3) is 5.91 Å². The molecule has 106 valence electrons. The van der Waals surface area contributed by atoms with Crippen molar-refractivity contribution in [2.75, 3.05) is 18.1 Å². The molecule has 0 aliphatic carbocycles. The van der Waals surface area contributed by atoms with Crippen LogP contribution in [0.3, 0.4) is 0 Å². The van der Waals surface area contributed by atoms with Crippen molar-refractivity contribution in [1.82, 2.24) is 4.90 Å². The van der Waals surface area contributed by atoms with Crippen molar-refractivity contribution >= 4 is 29.5 Å². The van der Waals surface area contributed by atoms with Crippen LogP contribution in [0.1, 0.15) is 20.7 Å². The molecule has 1 aromatic carbocycles. The van der Waals surface area contributed by atoms with E-state index in [9.17, 15) is 14.4 Å². The molecule has 3 N–H and O–H groups in total. The monoisotopic (exact) mass is 294 g/mol. The Kier molecular flexibility index (Phi) is 4.29. The van der Waals surface area contributed by atoms with E-state index >= 15 is 0 Å². The zero-order valence-electron chi connectivity index (χ0n) is 10.6.